The first kappa shape index (κ1) is 16.9. The molecule has 0 aromatic heterocycles. The highest BCUT2D eigenvalue weighted by atomic mass is 35.5. The molecule has 0 aliphatic carbocycles. The zero-order valence-corrected chi connectivity index (χ0v) is 14.3. The number of amides is 2. The fraction of sp³-hybridized carbons (Fsp3) is 0.176. The predicted octanol–water partition coefficient (Wildman–Crippen LogP) is 2.40. The highest BCUT2D eigenvalue weighted by molar-refractivity contribution is 6.43. The van der Waals surface area contributed by atoms with Gasteiger partial charge in [0.2, 0.25) is 0 Å². The third kappa shape index (κ3) is 3.15. The number of imide groups is 1. The van der Waals surface area contributed by atoms with Crippen LogP contribution in [0.25, 0.3) is 0 Å². The van der Waals surface area contributed by atoms with Crippen LogP contribution in [-0.4, -0.2) is 30.4 Å². The molecular formula is C17H14Cl2FN2O2+. The third-order valence-corrected chi connectivity index (χ3v) is 4.56. The Hall–Kier alpha value is -1.95. The van der Waals surface area contributed by atoms with Crippen LogP contribution < -0.4 is 4.90 Å². The van der Waals surface area contributed by atoms with Gasteiger partial charge in [-0.25, -0.2) is 9.29 Å². The molecule has 1 atom stereocenters. The average Bonchev–Trinajstić information content (AvgIpc) is 2.73. The summed E-state index contributed by atoms with van der Waals surface area (Å²) in [6.45, 7) is 0.644. The van der Waals surface area contributed by atoms with Gasteiger partial charge in [0.25, 0.3) is 11.8 Å². The van der Waals surface area contributed by atoms with E-state index in [0.29, 0.717) is 6.54 Å². The number of quaternary nitrogens is 1. The lowest BCUT2D eigenvalue weighted by atomic mass is 10.1. The number of fused-ring (bicyclic) bond motifs is 1. The van der Waals surface area contributed by atoms with Gasteiger partial charge in [-0.3, -0.25) is 9.59 Å². The van der Waals surface area contributed by atoms with E-state index < -0.39 is 11.8 Å². The molecule has 3 rings (SSSR count). The van der Waals surface area contributed by atoms with E-state index >= 15 is 0 Å². The Morgan fingerprint density at radius 3 is 2.17 bits per heavy atom. The zero-order valence-electron chi connectivity index (χ0n) is 12.8. The van der Waals surface area contributed by atoms with Crippen molar-refractivity contribution in [3.63, 3.8) is 0 Å². The fourth-order valence-electron chi connectivity index (χ4n) is 2.75. The van der Waals surface area contributed by atoms with Crippen LogP contribution in [0.5, 0.6) is 0 Å². The number of benzene rings is 2. The zero-order chi connectivity index (χ0) is 17.4. The van der Waals surface area contributed by atoms with Crippen molar-refractivity contribution >= 4 is 35.0 Å². The van der Waals surface area contributed by atoms with E-state index in [-0.39, 0.29) is 33.7 Å². The molecule has 2 aromatic carbocycles. The SMILES string of the molecule is C[NH+](Cc1cccc(F)c1)CN1C(=O)c2cc(Cl)c(Cl)cc2C1=O. The van der Waals surface area contributed by atoms with E-state index in [4.69, 9.17) is 23.2 Å². The molecule has 7 heteroatoms. The van der Waals surface area contributed by atoms with Crippen molar-refractivity contribution in [1.29, 1.82) is 0 Å². The van der Waals surface area contributed by atoms with Crippen molar-refractivity contribution in [2.24, 2.45) is 0 Å². The molecule has 1 aliphatic heterocycles. The molecule has 0 saturated heterocycles. The Balaban J connectivity index is 1.76. The lowest BCUT2D eigenvalue weighted by Gasteiger charge is -2.20. The molecule has 0 saturated carbocycles. The van der Waals surface area contributed by atoms with Gasteiger partial charge in [0.15, 0.2) is 6.67 Å². The minimum atomic E-state index is -0.396. The largest absolute Gasteiger partial charge is 0.316 e. The summed E-state index contributed by atoms with van der Waals surface area (Å²) < 4.78 is 13.2. The molecule has 1 heterocycles. The van der Waals surface area contributed by atoms with Gasteiger partial charge >= 0.3 is 0 Å². The first-order valence-corrected chi connectivity index (χ1v) is 8.03. The van der Waals surface area contributed by atoms with Crippen LogP contribution in [0.15, 0.2) is 36.4 Å². The molecule has 0 spiro atoms. The lowest BCUT2D eigenvalue weighted by molar-refractivity contribution is -0.901. The number of carbonyl (C=O) groups is 2. The number of nitrogens with one attached hydrogen (secondary N) is 1. The van der Waals surface area contributed by atoms with Crippen molar-refractivity contribution in [3.05, 3.63) is 69.0 Å². The van der Waals surface area contributed by atoms with Crippen molar-refractivity contribution in [2.75, 3.05) is 13.7 Å². The smallest absolute Gasteiger partial charge is 0.266 e. The molecule has 4 nitrogen and oxygen atoms in total. The number of hydrogen-bond acceptors (Lipinski definition) is 2. The van der Waals surface area contributed by atoms with Crippen molar-refractivity contribution in [2.45, 2.75) is 6.54 Å². The topological polar surface area (TPSA) is 41.8 Å². The average molecular weight is 368 g/mol. The summed E-state index contributed by atoms with van der Waals surface area (Å²) in [5, 5.41) is 0.470. The van der Waals surface area contributed by atoms with Crippen LogP contribution in [0.3, 0.4) is 0 Å². The second-order valence-electron chi connectivity index (χ2n) is 5.77. The van der Waals surface area contributed by atoms with Crippen molar-refractivity contribution in [1.82, 2.24) is 4.90 Å². The van der Waals surface area contributed by atoms with Gasteiger partial charge < -0.3 is 4.90 Å². The molecule has 1 aliphatic rings. The first-order valence-electron chi connectivity index (χ1n) is 7.28. The summed E-state index contributed by atoms with van der Waals surface area (Å²) >= 11 is 11.9. The second kappa shape index (κ2) is 6.51. The van der Waals surface area contributed by atoms with Gasteiger partial charge in [0.1, 0.15) is 12.4 Å². The normalized spacial score (nSPS) is 14.9. The standard InChI is InChI=1S/C17H13Cl2FN2O2/c1-21(8-10-3-2-4-11(20)5-10)9-22-16(23)12-6-14(18)15(19)7-13(12)17(22)24/h2-7H,8-9H2,1H3/p+1. The summed E-state index contributed by atoms with van der Waals surface area (Å²) in [5.74, 6) is -1.11. The summed E-state index contributed by atoms with van der Waals surface area (Å²) in [6, 6.07) is 9.07. The number of rotatable bonds is 4. The summed E-state index contributed by atoms with van der Waals surface area (Å²) in [5.41, 5.74) is 1.30. The summed E-state index contributed by atoms with van der Waals surface area (Å²) in [6.07, 6.45) is 0. The molecule has 0 radical (unpaired) electrons. The van der Waals surface area contributed by atoms with Gasteiger partial charge in [-0.1, -0.05) is 35.3 Å². The fourth-order valence-corrected chi connectivity index (χ4v) is 3.08. The third-order valence-electron chi connectivity index (χ3n) is 3.83. The summed E-state index contributed by atoms with van der Waals surface area (Å²) in [7, 11) is 1.83. The van der Waals surface area contributed by atoms with E-state index in [2.05, 4.69) is 0 Å². The Morgan fingerprint density at radius 1 is 1.04 bits per heavy atom. The van der Waals surface area contributed by atoms with Crippen molar-refractivity contribution in [3.8, 4) is 0 Å². The molecule has 1 N–H and O–H groups in total. The predicted molar refractivity (Wildman–Crippen MR) is 88.8 cm³/mol. The molecule has 124 valence electrons. The van der Waals surface area contributed by atoms with E-state index in [1.807, 2.05) is 7.05 Å². The van der Waals surface area contributed by atoms with Crippen LogP contribution >= 0.6 is 23.2 Å². The molecule has 0 fully saturated rings. The number of hydrogen-bond donors (Lipinski definition) is 1. The molecule has 24 heavy (non-hydrogen) atoms. The van der Waals surface area contributed by atoms with Gasteiger partial charge in [-0.15, -0.1) is 0 Å². The summed E-state index contributed by atoms with van der Waals surface area (Å²) in [4.78, 5) is 26.9. The Kier molecular flexibility index (Phi) is 4.58. The maximum Gasteiger partial charge on any atom is 0.266 e. The highest BCUT2D eigenvalue weighted by Crippen LogP contribution is 2.31. The number of nitrogens with zero attached hydrogens (tertiary/aromatic N) is 1. The molecular weight excluding hydrogens is 354 g/mol. The van der Waals surface area contributed by atoms with E-state index in [1.165, 1.54) is 24.3 Å². The van der Waals surface area contributed by atoms with Crippen LogP contribution in [0, 0.1) is 5.82 Å². The maximum atomic E-state index is 13.2. The lowest BCUT2D eigenvalue weighted by Crippen LogP contribution is -3.09. The molecule has 2 aromatic rings. The van der Waals surface area contributed by atoms with E-state index in [1.54, 1.807) is 12.1 Å². The Morgan fingerprint density at radius 2 is 1.62 bits per heavy atom. The minimum absolute atomic E-state index is 0.165. The first-order chi connectivity index (χ1) is 11.4. The van der Waals surface area contributed by atoms with Crippen LogP contribution in [0.2, 0.25) is 10.0 Å². The van der Waals surface area contributed by atoms with Gasteiger partial charge in [0, 0.05) is 5.56 Å². The Labute approximate surface area is 148 Å². The Bertz CT molecular complexity index is 800. The van der Waals surface area contributed by atoms with Gasteiger partial charge in [0.05, 0.1) is 28.2 Å². The van der Waals surface area contributed by atoms with Crippen molar-refractivity contribution < 1.29 is 18.9 Å². The molecule has 2 amide bonds. The molecule has 1 unspecified atom stereocenters. The minimum Gasteiger partial charge on any atom is -0.316 e. The second-order valence-corrected chi connectivity index (χ2v) is 6.59. The van der Waals surface area contributed by atoms with E-state index in [0.717, 1.165) is 15.4 Å². The monoisotopic (exact) mass is 367 g/mol. The number of carbonyl (C=O) groups excluding carboxylic acids is 2. The molecule has 0 bridgehead atoms. The van der Waals surface area contributed by atoms with Gasteiger partial charge in [-0.05, 0) is 24.3 Å². The number of halogens is 3. The van der Waals surface area contributed by atoms with Gasteiger partial charge in [-0.2, -0.15) is 0 Å². The maximum absolute atomic E-state index is 13.2. The van der Waals surface area contributed by atoms with Crippen LogP contribution in [-0.2, 0) is 6.54 Å². The highest BCUT2D eigenvalue weighted by Gasteiger charge is 2.38. The van der Waals surface area contributed by atoms with Crippen LogP contribution in [0.1, 0.15) is 26.3 Å². The quantitative estimate of drug-likeness (QED) is 0.843. The van der Waals surface area contributed by atoms with Crippen LogP contribution in [0.4, 0.5) is 4.39 Å². The van der Waals surface area contributed by atoms with E-state index in [9.17, 15) is 14.0 Å².